The van der Waals surface area contributed by atoms with E-state index in [1.807, 2.05) is 13.0 Å². The van der Waals surface area contributed by atoms with Gasteiger partial charge in [0.15, 0.2) is 0 Å². The van der Waals surface area contributed by atoms with Crippen molar-refractivity contribution in [1.29, 1.82) is 0 Å². The van der Waals surface area contributed by atoms with Crippen molar-refractivity contribution >= 4 is 12.2 Å². The lowest BCUT2D eigenvalue weighted by atomic mass is 9.98. The van der Waals surface area contributed by atoms with E-state index in [1.54, 1.807) is 6.08 Å². The Balaban J connectivity index is 3.54. The molecular formula is C13H17N. The Morgan fingerprint density at radius 3 is 2.29 bits per heavy atom. The highest BCUT2D eigenvalue weighted by atomic mass is 14.7. The standard InChI is InChI=1S/C13H17N/c1-6-11-9(4)12(7-2)13(8-3)14-10(11)5/h7-8H,2-3,6H2,1,4-5H3. The Hall–Kier alpha value is -1.37. The minimum Gasteiger partial charge on any atom is -0.253 e. The third-order valence-corrected chi connectivity index (χ3v) is 2.61. The summed E-state index contributed by atoms with van der Waals surface area (Å²) in [6, 6.07) is 0. The number of rotatable bonds is 3. The zero-order valence-electron chi connectivity index (χ0n) is 9.22. The monoisotopic (exact) mass is 187 g/mol. The van der Waals surface area contributed by atoms with Gasteiger partial charge in [-0.25, -0.2) is 0 Å². The number of hydrogen-bond acceptors (Lipinski definition) is 1. The first-order chi connectivity index (χ1) is 6.65. The van der Waals surface area contributed by atoms with Crippen molar-refractivity contribution in [3.8, 4) is 0 Å². The summed E-state index contributed by atoms with van der Waals surface area (Å²) in [6.07, 6.45) is 4.66. The zero-order valence-corrected chi connectivity index (χ0v) is 9.22. The van der Waals surface area contributed by atoms with E-state index >= 15 is 0 Å². The average Bonchev–Trinajstić information content (AvgIpc) is 2.17. The van der Waals surface area contributed by atoms with Crippen LogP contribution in [0, 0.1) is 13.8 Å². The quantitative estimate of drug-likeness (QED) is 0.705. The number of pyridine rings is 1. The van der Waals surface area contributed by atoms with Crippen LogP contribution in [0.25, 0.3) is 12.2 Å². The van der Waals surface area contributed by atoms with Crippen LogP contribution in [-0.2, 0) is 6.42 Å². The van der Waals surface area contributed by atoms with Gasteiger partial charge in [-0.05, 0) is 37.5 Å². The highest BCUT2D eigenvalue weighted by Crippen LogP contribution is 2.21. The van der Waals surface area contributed by atoms with Gasteiger partial charge in [0, 0.05) is 11.3 Å². The van der Waals surface area contributed by atoms with E-state index in [4.69, 9.17) is 0 Å². The van der Waals surface area contributed by atoms with Gasteiger partial charge in [0.25, 0.3) is 0 Å². The summed E-state index contributed by atoms with van der Waals surface area (Å²) in [7, 11) is 0. The van der Waals surface area contributed by atoms with Crippen LogP contribution in [0.1, 0.15) is 35.0 Å². The summed E-state index contributed by atoms with van der Waals surface area (Å²) < 4.78 is 0. The maximum Gasteiger partial charge on any atom is 0.0701 e. The molecule has 0 fully saturated rings. The van der Waals surface area contributed by atoms with Gasteiger partial charge >= 0.3 is 0 Å². The molecule has 74 valence electrons. The van der Waals surface area contributed by atoms with Crippen molar-refractivity contribution in [2.24, 2.45) is 0 Å². The highest BCUT2D eigenvalue weighted by molar-refractivity contribution is 5.65. The zero-order chi connectivity index (χ0) is 10.7. The Morgan fingerprint density at radius 1 is 1.21 bits per heavy atom. The van der Waals surface area contributed by atoms with E-state index in [1.165, 1.54) is 11.1 Å². The molecule has 0 aromatic carbocycles. The second kappa shape index (κ2) is 4.23. The Bertz CT molecular complexity index is 375. The highest BCUT2D eigenvalue weighted by Gasteiger charge is 2.08. The summed E-state index contributed by atoms with van der Waals surface area (Å²) in [5, 5.41) is 0. The van der Waals surface area contributed by atoms with E-state index in [2.05, 4.69) is 32.0 Å². The van der Waals surface area contributed by atoms with Gasteiger partial charge in [-0.1, -0.05) is 26.2 Å². The van der Waals surface area contributed by atoms with Gasteiger partial charge in [0.2, 0.25) is 0 Å². The second-order valence-corrected chi connectivity index (χ2v) is 3.36. The molecule has 0 spiro atoms. The number of aromatic nitrogens is 1. The summed E-state index contributed by atoms with van der Waals surface area (Å²) in [4.78, 5) is 4.50. The summed E-state index contributed by atoms with van der Waals surface area (Å²) in [6.45, 7) is 13.9. The summed E-state index contributed by atoms with van der Waals surface area (Å²) in [5.74, 6) is 0. The summed E-state index contributed by atoms with van der Waals surface area (Å²) >= 11 is 0. The van der Waals surface area contributed by atoms with Crippen LogP contribution in [0.2, 0.25) is 0 Å². The molecule has 0 amide bonds. The molecule has 1 aromatic rings. The predicted molar refractivity (Wildman–Crippen MR) is 63.3 cm³/mol. The third-order valence-electron chi connectivity index (χ3n) is 2.61. The Kier molecular flexibility index (Phi) is 3.23. The maximum atomic E-state index is 4.50. The molecule has 0 unspecified atom stereocenters. The number of hydrogen-bond donors (Lipinski definition) is 0. The average molecular weight is 187 g/mol. The molecule has 0 aliphatic rings. The molecular weight excluding hydrogens is 170 g/mol. The predicted octanol–water partition coefficient (Wildman–Crippen LogP) is 3.55. The molecule has 0 radical (unpaired) electrons. The fraction of sp³-hybridized carbons (Fsp3) is 0.308. The van der Waals surface area contributed by atoms with Crippen molar-refractivity contribution in [3.05, 3.63) is 41.2 Å². The number of nitrogens with zero attached hydrogens (tertiary/aromatic N) is 1. The van der Waals surface area contributed by atoms with Crippen molar-refractivity contribution in [2.75, 3.05) is 0 Å². The first kappa shape index (κ1) is 10.7. The molecule has 1 heteroatoms. The lowest BCUT2D eigenvalue weighted by molar-refractivity contribution is 1.01. The van der Waals surface area contributed by atoms with E-state index in [-0.39, 0.29) is 0 Å². The molecule has 1 heterocycles. The largest absolute Gasteiger partial charge is 0.253 e. The molecule has 14 heavy (non-hydrogen) atoms. The molecule has 1 aromatic heterocycles. The minimum atomic E-state index is 0.937. The topological polar surface area (TPSA) is 12.9 Å². The van der Waals surface area contributed by atoms with E-state index < -0.39 is 0 Å². The normalized spacial score (nSPS) is 9.93. The van der Waals surface area contributed by atoms with Crippen LogP contribution in [0.4, 0.5) is 0 Å². The van der Waals surface area contributed by atoms with Crippen molar-refractivity contribution in [2.45, 2.75) is 27.2 Å². The molecule has 1 rings (SSSR count). The van der Waals surface area contributed by atoms with Gasteiger partial charge in [-0.15, -0.1) is 0 Å². The fourth-order valence-electron chi connectivity index (χ4n) is 1.87. The molecule has 0 bridgehead atoms. The smallest absolute Gasteiger partial charge is 0.0701 e. The van der Waals surface area contributed by atoms with Crippen LogP contribution in [0.3, 0.4) is 0 Å². The third kappa shape index (κ3) is 1.63. The first-order valence-electron chi connectivity index (χ1n) is 4.90. The Labute approximate surface area is 86.2 Å². The van der Waals surface area contributed by atoms with Crippen LogP contribution < -0.4 is 0 Å². The molecule has 0 aliphatic carbocycles. The van der Waals surface area contributed by atoms with E-state index in [0.29, 0.717) is 0 Å². The van der Waals surface area contributed by atoms with Gasteiger partial charge in [-0.2, -0.15) is 0 Å². The minimum absolute atomic E-state index is 0.937. The van der Waals surface area contributed by atoms with Gasteiger partial charge in [-0.3, -0.25) is 4.98 Å². The van der Waals surface area contributed by atoms with Gasteiger partial charge in [0.1, 0.15) is 0 Å². The molecule has 1 nitrogen and oxygen atoms in total. The molecule has 0 aliphatic heterocycles. The SMILES string of the molecule is C=Cc1nc(C)c(CC)c(C)c1C=C. The Morgan fingerprint density at radius 2 is 1.86 bits per heavy atom. The molecule has 0 N–H and O–H groups in total. The second-order valence-electron chi connectivity index (χ2n) is 3.36. The van der Waals surface area contributed by atoms with Crippen LogP contribution in [-0.4, -0.2) is 4.98 Å². The van der Waals surface area contributed by atoms with Crippen LogP contribution in [0.5, 0.6) is 0 Å². The van der Waals surface area contributed by atoms with Crippen molar-refractivity contribution in [3.63, 3.8) is 0 Å². The lowest BCUT2D eigenvalue weighted by Crippen LogP contribution is -2.01. The van der Waals surface area contributed by atoms with Gasteiger partial charge in [0.05, 0.1) is 5.69 Å². The molecule has 0 saturated heterocycles. The van der Waals surface area contributed by atoms with Crippen LogP contribution >= 0.6 is 0 Å². The fourth-order valence-corrected chi connectivity index (χ4v) is 1.87. The molecule has 0 saturated carbocycles. The van der Waals surface area contributed by atoms with Crippen LogP contribution in [0.15, 0.2) is 13.2 Å². The number of aryl methyl sites for hydroxylation is 1. The van der Waals surface area contributed by atoms with E-state index in [0.717, 1.165) is 23.4 Å². The van der Waals surface area contributed by atoms with Gasteiger partial charge < -0.3 is 0 Å². The van der Waals surface area contributed by atoms with Crippen molar-refractivity contribution in [1.82, 2.24) is 4.98 Å². The van der Waals surface area contributed by atoms with E-state index in [9.17, 15) is 0 Å². The van der Waals surface area contributed by atoms with Crippen molar-refractivity contribution < 1.29 is 0 Å². The lowest BCUT2D eigenvalue weighted by Gasteiger charge is -2.12. The molecule has 0 atom stereocenters. The first-order valence-corrected chi connectivity index (χ1v) is 4.90. The maximum absolute atomic E-state index is 4.50. The summed E-state index contributed by atoms with van der Waals surface area (Å²) in [5.41, 5.74) is 5.76.